The molecule has 1 atom stereocenters. The number of hydrogen-bond acceptors (Lipinski definition) is 4. The molecule has 0 aliphatic rings. The van der Waals surface area contributed by atoms with Gasteiger partial charge in [0, 0.05) is 5.69 Å². The van der Waals surface area contributed by atoms with Gasteiger partial charge in [-0.05, 0) is 25.5 Å². The fourth-order valence-corrected chi connectivity index (χ4v) is 1.52. The van der Waals surface area contributed by atoms with E-state index in [1.165, 1.54) is 0 Å². The molecule has 5 nitrogen and oxygen atoms in total. The molecule has 1 aromatic carbocycles. The van der Waals surface area contributed by atoms with Crippen molar-refractivity contribution in [1.82, 2.24) is 0 Å². The number of rotatable bonds is 6. The normalized spacial score (nSPS) is 11.7. The molecule has 1 unspecified atom stereocenters. The molecular weight excluding hydrogens is 234 g/mol. The largest absolute Gasteiger partial charge is 0.480 e. The molecule has 18 heavy (non-hydrogen) atoms. The molecule has 0 bridgehead atoms. The first-order valence-electron chi connectivity index (χ1n) is 5.85. The summed E-state index contributed by atoms with van der Waals surface area (Å²) < 4.78 is 4.92. The number of carboxylic acids is 1. The van der Waals surface area contributed by atoms with Crippen LogP contribution >= 0.6 is 0 Å². The molecule has 5 heteroatoms. The number of ether oxygens (including phenoxy) is 1. The number of para-hydroxylation sites is 1. The third-order valence-electron chi connectivity index (χ3n) is 2.46. The molecule has 0 saturated heterocycles. The van der Waals surface area contributed by atoms with Gasteiger partial charge in [-0.1, -0.05) is 19.1 Å². The number of anilines is 1. The van der Waals surface area contributed by atoms with Gasteiger partial charge in [0.1, 0.15) is 6.04 Å². The highest BCUT2D eigenvalue weighted by Gasteiger charge is 2.18. The first kappa shape index (κ1) is 14.0. The van der Waals surface area contributed by atoms with Crippen molar-refractivity contribution in [3.63, 3.8) is 0 Å². The zero-order valence-electron chi connectivity index (χ0n) is 10.5. The summed E-state index contributed by atoms with van der Waals surface area (Å²) in [6, 6.07) is 5.99. The van der Waals surface area contributed by atoms with Crippen molar-refractivity contribution in [3.05, 3.63) is 29.8 Å². The van der Waals surface area contributed by atoms with Crippen molar-refractivity contribution >= 4 is 17.6 Å². The van der Waals surface area contributed by atoms with Crippen LogP contribution in [0.15, 0.2) is 24.3 Å². The molecule has 0 amide bonds. The predicted molar refractivity (Wildman–Crippen MR) is 67.7 cm³/mol. The molecule has 0 aliphatic carbocycles. The van der Waals surface area contributed by atoms with Gasteiger partial charge in [0.05, 0.1) is 12.2 Å². The third-order valence-corrected chi connectivity index (χ3v) is 2.46. The highest BCUT2D eigenvalue weighted by molar-refractivity contribution is 5.96. The van der Waals surface area contributed by atoms with Gasteiger partial charge in [-0.25, -0.2) is 9.59 Å². The topological polar surface area (TPSA) is 75.6 Å². The molecular formula is C13H17NO4. The second-order valence-electron chi connectivity index (χ2n) is 3.71. The van der Waals surface area contributed by atoms with Crippen LogP contribution in [-0.4, -0.2) is 29.7 Å². The van der Waals surface area contributed by atoms with Crippen molar-refractivity contribution < 1.29 is 19.4 Å². The molecule has 0 spiro atoms. The maximum Gasteiger partial charge on any atom is 0.340 e. The lowest BCUT2D eigenvalue weighted by molar-refractivity contribution is -0.137. The Bertz CT molecular complexity index is 431. The zero-order valence-corrected chi connectivity index (χ0v) is 10.5. The number of esters is 1. The van der Waals surface area contributed by atoms with E-state index < -0.39 is 18.0 Å². The van der Waals surface area contributed by atoms with Crippen LogP contribution in [0.25, 0.3) is 0 Å². The SMILES string of the molecule is CCOC(=O)c1ccccc1NC(CC)C(=O)O. The lowest BCUT2D eigenvalue weighted by Crippen LogP contribution is -2.29. The standard InChI is InChI=1S/C13H17NO4/c1-3-10(12(15)16)14-11-8-6-5-7-9(11)13(17)18-4-2/h5-8,10,14H,3-4H2,1-2H3,(H,15,16). The number of hydrogen-bond donors (Lipinski definition) is 2. The number of nitrogens with one attached hydrogen (secondary N) is 1. The van der Waals surface area contributed by atoms with Gasteiger partial charge in [0.25, 0.3) is 0 Å². The Labute approximate surface area is 106 Å². The summed E-state index contributed by atoms with van der Waals surface area (Å²) in [6.07, 6.45) is 0.423. The Balaban J connectivity index is 2.94. The number of aliphatic carboxylic acids is 1. The van der Waals surface area contributed by atoms with Crippen LogP contribution in [0.3, 0.4) is 0 Å². The van der Waals surface area contributed by atoms with Crippen LogP contribution in [0.4, 0.5) is 5.69 Å². The van der Waals surface area contributed by atoms with Crippen molar-refractivity contribution in [2.24, 2.45) is 0 Å². The molecule has 1 aromatic rings. The summed E-state index contributed by atoms with van der Waals surface area (Å²) in [4.78, 5) is 22.7. The Hall–Kier alpha value is -2.04. The fraction of sp³-hybridized carbons (Fsp3) is 0.385. The number of carbonyl (C=O) groups is 2. The summed E-state index contributed by atoms with van der Waals surface area (Å²) >= 11 is 0. The summed E-state index contributed by atoms with van der Waals surface area (Å²) in [5, 5.41) is 11.8. The van der Waals surface area contributed by atoms with E-state index in [-0.39, 0.29) is 6.61 Å². The van der Waals surface area contributed by atoms with Crippen molar-refractivity contribution in [3.8, 4) is 0 Å². The minimum atomic E-state index is -0.948. The quantitative estimate of drug-likeness (QED) is 0.757. The molecule has 1 rings (SSSR count). The van der Waals surface area contributed by atoms with Crippen molar-refractivity contribution in [2.45, 2.75) is 26.3 Å². The molecule has 0 fully saturated rings. The van der Waals surface area contributed by atoms with Gasteiger partial charge in [-0.15, -0.1) is 0 Å². The van der Waals surface area contributed by atoms with Gasteiger partial charge in [-0.3, -0.25) is 0 Å². The number of carboxylic acid groups (broad SMARTS) is 1. The van der Waals surface area contributed by atoms with Gasteiger partial charge in [0.15, 0.2) is 0 Å². The van der Waals surface area contributed by atoms with E-state index in [1.54, 1.807) is 38.1 Å². The second-order valence-corrected chi connectivity index (χ2v) is 3.71. The minimum Gasteiger partial charge on any atom is -0.480 e. The molecule has 0 aliphatic heterocycles. The Morgan fingerprint density at radius 1 is 1.33 bits per heavy atom. The third kappa shape index (κ3) is 3.48. The number of benzene rings is 1. The summed E-state index contributed by atoms with van der Waals surface area (Å²) in [5.74, 6) is -1.41. The zero-order chi connectivity index (χ0) is 13.5. The van der Waals surface area contributed by atoms with Crippen LogP contribution < -0.4 is 5.32 Å². The summed E-state index contributed by atoms with van der Waals surface area (Å²) in [5.41, 5.74) is 0.823. The highest BCUT2D eigenvalue weighted by Crippen LogP contribution is 2.18. The smallest absolute Gasteiger partial charge is 0.340 e. The molecule has 0 saturated carbocycles. The van der Waals surface area contributed by atoms with Crippen molar-refractivity contribution in [1.29, 1.82) is 0 Å². The number of carbonyl (C=O) groups excluding carboxylic acids is 1. The second kappa shape index (κ2) is 6.64. The molecule has 0 radical (unpaired) electrons. The molecule has 98 valence electrons. The molecule has 0 heterocycles. The van der Waals surface area contributed by atoms with Crippen molar-refractivity contribution in [2.75, 3.05) is 11.9 Å². The van der Waals surface area contributed by atoms with E-state index >= 15 is 0 Å². The Kier molecular flexibility index (Phi) is 5.17. The molecule has 2 N–H and O–H groups in total. The Morgan fingerprint density at radius 2 is 2.00 bits per heavy atom. The lowest BCUT2D eigenvalue weighted by atomic mass is 10.1. The van der Waals surface area contributed by atoms with E-state index in [4.69, 9.17) is 9.84 Å². The first-order chi connectivity index (χ1) is 8.60. The van der Waals surface area contributed by atoms with Crippen LogP contribution in [0.5, 0.6) is 0 Å². The average molecular weight is 251 g/mol. The summed E-state index contributed by atoms with van der Waals surface area (Å²) in [6.45, 7) is 3.77. The lowest BCUT2D eigenvalue weighted by Gasteiger charge is -2.16. The maximum atomic E-state index is 11.7. The van der Waals surface area contributed by atoms with Crippen LogP contribution in [0.1, 0.15) is 30.6 Å². The summed E-state index contributed by atoms with van der Waals surface area (Å²) in [7, 11) is 0. The first-order valence-corrected chi connectivity index (χ1v) is 5.85. The average Bonchev–Trinajstić information content (AvgIpc) is 2.36. The Morgan fingerprint density at radius 3 is 2.56 bits per heavy atom. The van der Waals surface area contributed by atoms with E-state index in [0.29, 0.717) is 17.7 Å². The predicted octanol–water partition coefficient (Wildman–Crippen LogP) is 2.14. The van der Waals surface area contributed by atoms with Crippen LogP contribution in [0.2, 0.25) is 0 Å². The van der Waals surface area contributed by atoms with Gasteiger partial charge in [0.2, 0.25) is 0 Å². The molecule has 0 aromatic heterocycles. The minimum absolute atomic E-state index is 0.281. The van der Waals surface area contributed by atoms with E-state index in [1.807, 2.05) is 0 Å². The monoisotopic (exact) mass is 251 g/mol. The van der Waals surface area contributed by atoms with Crippen LogP contribution in [0, 0.1) is 0 Å². The van der Waals surface area contributed by atoms with Gasteiger partial charge >= 0.3 is 11.9 Å². The van der Waals surface area contributed by atoms with Gasteiger partial charge in [-0.2, -0.15) is 0 Å². The highest BCUT2D eigenvalue weighted by atomic mass is 16.5. The van der Waals surface area contributed by atoms with Crippen LogP contribution in [-0.2, 0) is 9.53 Å². The van der Waals surface area contributed by atoms with Gasteiger partial charge < -0.3 is 15.2 Å². The van der Waals surface area contributed by atoms with E-state index in [9.17, 15) is 9.59 Å². The fourth-order valence-electron chi connectivity index (χ4n) is 1.52. The maximum absolute atomic E-state index is 11.7. The van der Waals surface area contributed by atoms with E-state index in [0.717, 1.165) is 0 Å². The van der Waals surface area contributed by atoms with E-state index in [2.05, 4.69) is 5.32 Å².